The van der Waals surface area contributed by atoms with Gasteiger partial charge in [0.15, 0.2) is 0 Å². The van der Waals surface area contributed by atoms with E-state index in [0.29, 0.717) is 19.1 Å². The van der Waals surface area contributed by atoms with Gasteiger partial charge in [0.25, 0.3) is 0 Å². The van der Waals surface area contributed by atoms with Crippen molar-refractivity contribution in [3.05, 3.63) is 29.3 Å². The van der Waals surface area contributed by atoms with Gasteiger partial charge in [-0.2, -0.15) is 0 Å². The lowest BCUT2D eigenvalue weighted by Gasteiger charge is -2.32. The maximum absolute atomic E-state index is 9.09. The van der Waals surface area contributed by atoms with Gasteiger partial charge >= 0.3 is 0 Å². The maximum atomic E-state index is 9.09. The van der Waals surface area contributed by atoms with Gasteiger partial charge in [-0.15, -0.1) is 0 Å². The average molecular weight is 278 g/mol. The Morgan fingerprint density at radius 2 is 2.30 bits per heavy atom. The number of aliphatic hydroxyl groups is 1. The molecule has 0 bridgehead atoms. The fourth-order valence-electron chi connectivity index (χ4n) is 3.04. The van der Waals surface area contributed by atoms with E-state index in [4.69, 9.17) is 15.6 Å². The van der Waals surface area contributed by atoms with E-state index in [1.165, 1.54) is 18.4 Å². The van der Waals surface area contributed by atoms with Crippen molar-refractivity contribution in [2.24, 2.45) is 11.7 Å². The zero-order valence-corrected chi connectivity index (χ0v) is 12.3. The smallest absolute Gasteiger partial charge is 0.123 e. The third-order valence-corrected chi connectivity index (χ3v) is 4.11. The first-order valence-corrected chi connectivity index (χ1v) is 7.46. The molecule has 1 heterocycles. The van der Waals surface area contributed by atoms with E-state index in [1.54, 1.807) is 7.11 Å². The van der Waals surface area contributed by atoms with Gasteiger partial charge in [0.2, 0.25) is 0 Å². The van der Waals surface area contributed by atoms with Crippen LogP contribution in [0.1, 0.15) is 30.4 Å². The number of nitrogens with zero attached hydrogens (tertiary/aromatic N) is 1. The van der Waals surface area contributed by atoms with E-state index < -0.39 is 0 Å². The number of rotatable bonds is 6. The summed E-state index contributed by atoms with van der Waals surface area (Å²) < 4.78 is 5.45. The van der Waals surface area contributed by atoms with Gasteiger partial charge in [-0.1, -0.05) is 6.07 Å². The molecule has 1 aliphatic heterocycles. The third kappa shape index (κ3) is 3.95. The molecule has 112 valence electrons. The lowest BCUT2D eigenvalue weighted by atomic mass is 9.94. The molecule has 1 atom stereocenters. The molecule has 0 saturated carbocycles. The van der Waals surface area contributed by atoms with E-state index in [1.807, 2.05) is 12.1 Å². The van der Waals surface area contributed by atoms with Crippen LogP contribution in [0.2, 0.25) is 0 Å². The first-order chi connectivity index (χ1) is 9.76. The predicted molar refractivity (Wildman–Crippen MR) is 80.6 cm³/mol. The van der Waals surface area contributed by atoms with Gasteiger partial charge in [0, 0.05) is 31.8 Å². The standard InChI is InChI=1S/C16H26N2O2/c1-20-16-5-4-14(10-17)9-15(16)12-18-7-2-3-13(11-18)6-8-19/h4-5,9,13,19H,2-3,6-8,10-12,17H2,1H3. The lowest BCUT2D eigenvalue weighted by molar-refractivity contribution is 0.141. The number of methoxy groups -OCH3 is 1. The second-order valence-electron chi connectivity index (χ2n) is 5.61. The minimum atomic E-state index is 0.296. The van der Waals surface area contributed by atoms with Crippen molar-refractivity contribution in [2.45, 2.75) is 32.4 Å². The molecule has 1 aromatic carbocycles. The highest BCUT2D eigenvalue weighted by Crippen LogP contribution is 2.25. The number of piperidine rings is 1. The molecule has 4 nitrogen and oxygen atoms in total. The highest BCUT2D eigenvalue weighted by atomic mass is 16.5. The SMILES string of the molecule is COc1ccc(CN)cc1CN1CCCC(CCO)C1. The Bertz CT molecular complexity index is 421. The molecular weight excluding hydrogens is 252 g/mol. The fourth-order valence-corrected chi connectivity index (χ4v) is 3.04. The van der Waals surface area contributed by atoms with Gasteiger partial charge in [0.05, 0.1) is 7.11 Å². The highest BCUT2D eigenvalue weighted by molar-refractivity contribution is 5.37. The highest BCUT2D eigenvalue weighted by Gasteiger charge is 2.20. The van der Waals surface area contributed by atoms with Crippen LogP contribution in [0.15, 0.2) is 18.2 Å². The summed E-state index contributed by atoms with van der Waals surface area (Å²) in [5, 5.41) is 9.09. The molecule has 2 rings (SSSR count). The summed E-state index contributed by atoms with van der Waals surface area (Å²) in [5.41, 5.74) is 8.07. The number of ether oxygens (including phenoxy) is 1. The Morgan fingerprint density at radius 3 is 3.00 bits per heavy atom. The van der Waals surface area contributed by atoms with Crippen LogP contribution in [-0.4, -0.2) is 36.8 Å². The molecule has 1 aromatic rings. The van der Waals surface area contributed by atoms with Crippen LogP contribution in [0.3, 0.4) is 0 Å². The largest absolute Gasteiger partial charge is 0.496 e. The molecule has 0 amide bonds. The number of hydrogen-bond acceptors (Lipinski definition) is 4. The molecule has 1 aliphatic rings. The van der Waals surface area contributed by atoms with E-state index in [-0.39, 0.29) is 0 Å². The van der Waals surface area contributed by atoms with Crippen molar-refractivity contribution >= 4 is 0 Å². The van der Waals surface area contributed by atoms with Crippen LogP contribution >= 0.6 is 0 Å². The summed E-state index contributed by atoms with van der Waals surface area (Å²) in [6.07, 6.45) is 3.36. The van der Waals surface area contributed by atoms with E-state index >= 15 is 0 Å². The number of likely N-dealkylation sites (tertiary alicyclic amines) is 1. The van der Waals surface area contributed by atoms with Crippen molar-refractivity contribution in [1.82, 2.24) is 4.90 Å². The van der Waals surface area contributed by atoms with Crippen molar-refractivity contribution in [3.63, 3.8) is 0 Å². The van der Waals surface area contributed by atoms with E-state index in [9.17, 15) is 0 Å². The third-order valence-electron chi connectivity index (χ3n) is 4.11. The Kier molecular flexibility index (Phi) is 5.83. The Morgan fingerprint density at radius 1 is 1.45 bits per heavy atom. The zero-order valence-electron chi connectivity index (χ0n) is 12.3. The normalized spacial score (nSPS) is 20.1. The molecule has 0 aliphatic carbocycles. The number of nitrogens with two attached hydrogens (primary N) is 1. The molecule has 4 heteroatoms. The number of benzene rings is 1. The summed E-state index contributed by atoms with van der Waals surface area (Å²) in [5.74, 6) is 1.56. The average Bonchev–Trinajstić information content (AvgIpc) is 2.48. The molecular formula is C16H26N2O2. The molecule has 0 radical (unpaired) electrons. The second-order valence-corrected chi connectivity index (χ2v) is 5.61. The lowest BCUT2D eigenvalue weighted by Crippen LogP contribution is -2.35. The molecule has 20 heavy (non-hydrogen) atoms. The summed E-state index contributed by atoms with van der Waals surface area (Å²) >= 11 is 0. The monoisotopic (exact) mass is 278 g/mol. The number of hydrogen-bond donors (Lipinski definition) is 2. The summed E-state index contributed by atoms with van der Waals surface area (Å²) in [6, 6.07) is 6.17. The van der Waals surface area contributed by atoms with Gasteiger partial charge in [0.1, 0.15) is 5.75 Å². The Hall–Kier alpha value is -1.10. The molecule has 0 spiro atoms. The van der Waals surface area contributed by atoms with Gasteiger partial charge < -0.3 is 15.6 Å². The fraction of sp³-hybridized carbons (Fsp3) is 0.625. The van der Waals surface area contributed by atoms with Crippen LogP contribution in [0, 0.1) is 5.92 Å². The Labute approximate surface area is 121 Å². The maximum Gasteiger partial charge on any atom is 0.123 e. The molecule has 0 aromatic heterocycles. The van der Waals surface area contributed by atoms with Gasteiger partial charge in [-0.3, -0.25) is 4.90 Å². The van der Waals surface area contributed by atoms with E-state index in [0.717, 1.165) is 37.4 Å². The topological polar surface area (TPSA) is 58.7 Å². The van der Waals surface area contributed by atoms with Crippen molar-refractivity contribution in [3.8, 4) is 5.75 Å². The minimum Gasteiger partial charge on any atom is -0.496 e. The van der Waals surface area contributed by atoms with Crippen molar-refractivity contribution in [2.75, 3.05) is 26.8 Å². The molecule has 3 N–H and O–H groups in total. The summed E-state index contributed by atoms with van der Waals surface area (Å²) in [4.78, 5) is 2.46. The second kappa shape index (κ2) is 7.62. The van der Waals surface area contributed by atoms with Crippen LogP contribution in [0.4, 0.5) is 0 Å². The van der Waals surface area contributed by atoms with Crippen LogP contribution in [-0.2, 0) is 13.1 Å². The zero-order chi connectivity index (χ0) is 14.4. The Balaban J connectivity index is 2.04. The number of aliphatic hydroxyl groups excluding tert-OH is 1. The van der Waals surface area contributed by atoms with Crippen LogP contribution in [0.25, 0.3) is 0 Å². The van der Waals surface area contributed by atoms with Crippen LogP contribution < -0.4 is 10.5 Å². The molecule has 1 saturated heterocycles. The molecule has 1 unspecified atom stereocenters. The minimum absolute atomic E-state index is 0.296. The van der Waals surface area contributed by atoms with Crippen molar-refractivity contribution < 1.29 is 9.84 Å². The first-order valence-electron chi connectivity index (χ1n) is 7.46. The quantitative estimate of drug-likeness (QED) is 0.832. The van der Waals surface area contributed by atoms with Gasteiger partial charge in [-0.05, 0) is 49.4 Å². The van der Waals surface area contributed by atoms with Gasteiger partial charge in [-0.25, -0.2) is 0 Å². The van der Waals surface area contributed by atoms with Crippen LogP contribution in [0.5, 0.6) is 5.75 Å². The predicted octanol–water partition coefficient (Wildman–Crippen LogP) is 1.75. The molecule has 1 fully saturated rings. The van der Waals surface area contributed by atoms with Crippen molar-refractivity contribution in [1.29, 1.82) is 0 Å². The first kappa shape index (κ1) is 15.3. The van der Waals surface area contributed by atoms with E-state index in [2.05, 4.69) is 11.0 Å². The summed E-state index contributed by atoms with van der Waals surface area (Å²) in [7, 11) is 1.71. The summed E-state index contributed by atoms with van der Waals surface area (Å²) in [6.45, 7) is 3.95.